The van der Waals surface area contributed by atoms with E-state index in [1.54, 1.807) is 16.9 Å². The summed E-state index contributed by atoms with van der Waals surface area (Å²) >= 11 is 6.41. The van der Waals surface area contributed by atoms with Gasteiger partial charge in [0.15, 0.2) is 9.84 Å². The van der Waals surface area contributed by atoms with Gasteiger partial charge in [-0.2, -0.15) is 5.10 Å². The fourth-order valence-corrected chi connectivity index (χ4v) is 5.77. The first-order chi connectivity index (χ1) is 18.6. The number of hydrogen-bond acceptors (Lipinski definition) is 7. The van der Waals surface area contributed by atoms with E-state index in [0.717, 1.165) is 47.5 Å². The van der Waals surface area contributed by atoms with Crippen molar-refractivity contribution in [2.75, 3.05) is 11.2 Å². The van der Waals surface area contributed by atoms with Gasteiger partial charge in [-0.25, -0.2) is 27.8 Å². The summed E-state index contributed by atoms with van der Waals surface area (Å²) in [4.78, 5) is 28.0. The molecule has 1 aliphatic rings. The van der Waals surface area contributed by atoms with Gasteiger partial charge in [-0.1, -0.05) is 23.7 Å². The summed E-state index contributed by atoms with van der Waals surface area (Å²) in [6.07, 6.45) is 7.54. The third-order valence-electron chi connectivity index (χ3n) is 6.76. The predicted molar refractivity (Wildman–Crippen MR) is 145 cm³/mol. The Hall–Kier alpha value is -3.96. The van der Waals surface area contributed by atoms with E-state index in [4.69, 9.17) is 11.6 Å². The molecular formula is C27H22ClFN6O3S. The number of aromatic nitrogens is 5. The molecule has 1 amide bonds. The molecule has 0 aliphatic heterocycles. The van der Waals surface area contributed by atoms with E-state index in [1.807, 2.05) is 19.2 Å². The van der Waals surface area contributed by atoms with Gasteiger partial charge >= 0.3 is 0 Å². The van der Waals surface area contributed by atoms with Crippen molar-refractivity contribution in [2.45, 2.75) is 30.2 Å². The molecule has 9 nitrogen and oxygen atoms in total. The first-order valence-electron chi connectivity index (χ1n) is 12.1. The van der Waals surface area contributed by atoms with Gasteiger partial charge < -0.3 is 4.90 Å². The van der Waals surface area contributed by atoms with Crippen molar-refractivity contribution in [3.63, 3.8) is 0 Å². The number of anilines is 1. The van der Waals surface area contributed by atoms with Gasteiger partial charge in [0, 0.05) is 37.0 Å². The zero-order chi connectivity index (χ0) is 27.5. The van der Waals surface area contributed by atoms with Crippen molar-refractivity contribution in [1.29, 1.82) is 0 Å². The number of pyridine rings is 1. The molecule has 198 valence electrons. The first kappa shape index (κ1) is 25.3. The second-order valence-corrected chi connectivity index (χ2v) is 12.0. The van der Waals surface area contributed by atoms with E-state index in [-0.39, 0.29) is 22.7 Å². The second-order valence-electron chi connectivity index (χ2n) is 9.66. The van der Waals surface area contributed by atoms with Crippen LogP contribution in [-0.4, -0.2) is 45.3 Å². The molecule has 0 unspecified atom stereocenters. The maximum atomic E-state index is 14.1. The first-order valence-corrected chi connectivity index (χ1v) is 14.4. The van der Waals surface area contributed by atoms with E-state index in [2.05, 4.69) is 20.1 Å². The monoisotopic (exact) mass is 564 g/mol. The molecular weight excluding hydrogens is 543 g/mol. The number of hydrogen-bond donors (Lipinski definition) is 0. The molecule has 0 atom stereocenters. The lowest BCUT2D eigenvalue weighted by atomic mass is 10.1. The molecule has 39 heavy (non-hydrogen) atoms. The number of carbonyl (C=O) groups excluding carboxylic acids is 1. The molecule has 3 heterocycles. The van der Waals surface area contributed by atoms with Gasteiger partial charge in [-0.15, -0.1) is 0 Å². The van der Waals surface area contributed by atoms with Crippen LogP contribution in [0, 0.1) is 5.82 Å². The third kappa shape index (κ3) is 4.72. The van der Waals surface area contributed by atoms with Crippen molar-refractivity contribution in [2.24, 2.45) is 7.05 Å². The Morgan fingerprint density at radius 3 is 2.54 bits per heavy atom. The maximum absolute atomic E-state index is 14.1. The highest BCUT2D eigenvalue weighted by atomic mass is 35.5. The van der Waals surface area contributed by atoms with E-state index in [9.17, 15) is 17.6 Å². The third-order valence-corrected chi connectivity index (χ3v) is 8.17. The second kappa shape index (κ2) is 9.35. The lowest BCUT2D eigenvalue weighted by molar-refractivity contribution is 0.0984. The Kier molecular flexibility index (Phi) is 6.07. The van der Waals surface area contributed by atoms with Crippen molar-refractivity contribution < 1.29 is 17.6 Å². The number of nitrogens with zero attached hydrogens (tertiary/aromatic N) is 6. The van der Waals surface area contributed by atoms with Gasteiger partial charge in [0.2, 0.25) is 0 Å². The Labute approximate surface area is 228 Å². The van der Waals surface area contributed by atoms with Crippen LogP contribution in [0.1, 0.15) is 40.5 Å². The number of amides is 1. The standard InChI is InChI=1S/C27H22ClFN6O3S/c1-34-24-19-7-3-15(9-21(19)33-25(28)20(24)13-32-34)14-35(22-8-6-18(29)10-23(22)39(2,37)38)27(36)17-11-30-26(31-12-17)16-4-5-16/h3,6-13,16H,4-5,14H2,1-2H3. The topological polar surface area (TPSA) is 111 Å². The number of rotatable bonds is 6. The molecule has 3 aromatic heterocycles. The van der Waals surface area contributed by atoms with Gasteiger partial charge in [0.1, 0.15) is 16.8 Å². The Morgan fingerprint density at radius 2 is 1.85 bits per heavy atom. The summed E-state index contributed by atoms with van der Waals surface area (Å²) in [6, 6.07) is 8.79. The fraction of sp³-hybridized carbons (Fsp3) is 0.222. The zero-order valence-electron chi connectivity index (χ0n) is 21.0. The number of carbonyl (C=O) groups is 1. The van der Waals surface area contributed by atoms with Crippen molar-refractivity contribution in [3.8, 4) is 0 Å². The highest BCUT2D eigenvalue weighted by Gasteiger charge is 2.29. The summed E-state index contributed by atoms with van der Waals surface area (Å²) in [5, 5.41) is 6.10. The van der Waals surface area contributed by atoms with Crippen LogP contribution in [0.2, 0.25) is 5.15 Å². The average molecular weight is 565 g/mol. The van der Waals surface area contributed by atoms with Gasteiger partial charge in [-0.05, 0) is 42.7 Å². The Balaban J connectivity index is 1.46. The summed E-state index contributed by atoms with van der Waals surface area (Å²) in [7, 11) is -2.08. The Bertz CT molecular complexity index is 1890. The minimum absolute atomic E-state index is 0.0317. The quantitative estimate of drug-likeness (QED) is 0.271. The molecule has 1 aliphatic carbocycles. The van der Waals surface area contributed by atoms with E-state index in [1.165, 1.54) is 23.4 Å². The molecule has 0 radical (unpaired) electrons. The fourth-order valence-electron chi connectivity index (χ4n) is 4.66. The smallest absolute Gasteiger partial charge is 0.261 e. The molecule has 2 aromatic carbocycles. The molecule has 5 aromatic rings. The van der Waals surface area contributed by atoms with Crippen LogP contribution in [-0.2, 0) is 23.4 Å². The van der Waals surface area contributed by atoms with Crippen LogP contribution in [0.3, 0.4) is 0 Å². The maximum Gasteiger partial charge on any atom is 0.261 e. The summed E-state index contributed by atoms with van der Waals surface area (Å²) in [5.41, 5.74) is 2.28. The van der Waals surface area contributed by atoms with E-state index in [0.29, 0.717) is 28.0 Å². The molecule has 1 saturated carbocycles. The highest BCUT2D eigenvalue weighted by Crippen LogP contribution is 2.38. The van der Waals surface area contributed by atoms with Gasteiger partial charge in [0.05, 0.1) is 45.3 Å². The molecule has 6 rings (SSSR count). The average Bonchev–Trinajstić information content (AvgIpc) is 3.68. The highest BCUT2D eigenvalue weighted by molar-refractivity contribution is 7.90. The van der Waals surface area contributed by atoms with Crippen LogP contribution in [0.15, 0.2) is 59.9 Å². The molecule has 12 heteroatoms. The van der Waals surface area contributed by atoms with E-state index < -0.39 is 21.6 Å². The largest absolute Gasteiger partial charge is 0.303 e. The Morgan fingerprint density at radius 1 is 1.10 bits per heavy atom. The van der Waals surface area contributed by atoms with Crippen molar-refractivity contribution in [3.05, 3.63) is 82.9 Å². The van der Waals surface area contributed by atoms with Crippen LogP contribution in [0.5, 0.6) is 0 Å². The normalized spacial score (nSPS) is 13.7. The van der Waals surface area contributed by atoms with Crippen LogP contribution < -0.4 is 4.90 Å². The zero-order valence-corrected chi connectivity index (χ0v) is 22.5. The van der Waals surface area contributed by atoms with Gasteiger partial charge in [0.25, 0.3) is 5.91 Å². The lowest BCUT2D eigenvalue weighted by Crippen LogP contribution is -2.32. The van der Waals surface area contributed by atoms with Crippen molar-refractivity contribution >= 4 is 54.8 Å². The molecule has 0 spiro atoms. The number of aryl methyl sites for hydroxylation is 1. The summed E-state index contributed by atoms with van der Waals surface area (Å²) < 4.78 is 41.1. The molecule has 0 N–H and O–H groups in total. The number of benzene rings is 2. The molecule has 1 fully saturated rings. The lowest BCUT2D eigenvalue weighted by Gasteiger charge is -2.25. The number of fused-ring (bicyclic) bond motifs is 3. The predicted octanol–water partition coefficient (Wildman–Crippen LogP) is 4.83. The molecule has 0 bridgehead atoms. The van der Waals surface area contributed by atoms with Crippen LogP contribution in [0.4, 0.5) is 10.1 Å². The van der Waals surface area contributed by atoms with Crippen molar-refractivity contribution in [1.82, 2.24) is 24.7 Å². The van der Waals surface area contributed by atoms with Crippen LogP contribution >= 0.6 is 11.6 Å². The van der Waals surface area contributed by atoms with E-state index >= 15 is 0 Å². The number of sulfone groups is 1. The minimum Gasteiger partial charge on any atom is -0.303 e. The summed E-state index contributed by atoms with van der Waals surface area (Å²) in [6.45, 7) is -0.0317. The SMILES string of the molecule is Cn1ncc2c(Cl)nc3cc(CN(C(=O)c4cnc(C5CC5)nc4)c4ccc(F)cc4S(C)(=O)=O)ccc3c21. The number of halogens is 2. The van der Waals surface area contributed by atoms with Crippen LogP contribution in [0.25, 0.3) is 21.8 Å². The summed E-state index contributed by atoms with van der Waals surface area (Å²) in [5.74, 6) is -0.270. The van der Waals surface area contributed by atoms with Gasteiger partial charge in [-0.3, -0.25) is 9.48 Å². The minimum atomic E-state index is -3.89. The molecule has 0 saturated heterocycles.